The SMILES string of the molecule is CC(C)[C@@H](CO)Nc1cc(NCc2cccnc2)c2ncc(Br)n2c1.CC(C)[C@H](CO)Nc1cc(NCc2cccnc2)c2ncc(Br)n2c1.OCC1CCCCN1c1cc(NCc2cccnc2)c2ncc(Br)n2c1.OC[C@@H]1CCCN1c1cc(NCc2cccnc2)c2ncc(Br)n2c1.OC[C@H]1CCCN1c1cc(NCc2cccnc2)c2ncc(Br)n2c1. The number of nitrogens with one attached hydrogen (secondary N) is 7. The number of aromatic nitrogens is 15. The van der Waals surface area contributed by atoms with Gasteiger partial charge in [0.15, 0.2) is 28.2 Å². The van der Waals surface area contributed by atoms with Gasteiger partial charge in [-0.05, 0) is 225 Å². The van der Waals surface area contributed by atoms with Gasteiger partial charge in [-0.25, -0.2) is 24.9 Å². The van der Waals surface area contributed by atoms with Crippen LogP contribution in [0.4, 0.5) is 56.9 Å². The quantitative estimate of drug-likeness (QED) is 0.0207. The molecule has 126 heavy (non-hydrogen) atoms. The van der Waals surface area contributed by atoms with Gasteiger partial charge in [0, 0.05) is 145 Å². The molecule has 3 aliphatic heterocycles. The Hall–Kier alpha value is -10.6. The smallest absolute Gasteiger partial charge is 0.161 e. The Balaban J connectivity index is 0.000000128. The third-order valence-corrected chi connectivity index (χ3v) is 25.4. The Bertz CT molecular complexity index is 5670. The van der Waals surface area contributed by atoms with Crippen molar-refractivity contribution in [2.45, 2.75) is 136 Å². The minimum atomic E-state index is -0.00841. The van der Waals surface area contributed by atoms with Crippen molar-refractivity contribution in [2.75, 3.05) is 105 Å². The Kier molecular flexibility index (Phi) is 32.5. The minimum Gasteiger partial charge on any atom is -0.394 e. The van der Waals surface area contributed by atoms with E-state index in [0.717, 1.165) is 194 Å². The molecule has 15 aromatic rings. The largest absolute Gasteiger partial charge is 0.394 e. The second-order valence-corrected chi connectivity index (χ2v) is 35.9. The summed E-state index contributed by atoms with van der Waals surface area (Å²) in [4.78, 5) is 50.1. The topological polar surface area (TPSA) is 346 Å². The first-order valence-electron chi connectivity index (χ1n) is 42.3. The molecule has 30 nitrogen and oxygen atoms in total. The summed E-state index contributed by atoms with van der Waals surface area (Å²) in [5, 5.41) is 72.4. The van der Waals surface area contributed by atoms with Gasteiger partial charge in [0.05, 0.1) is 151 Å². The van der Waals surface area contributed by atoms with Crippen molar-refractivity contribution in [1.29, 1.82) is 0 Å². The molecule has 1 unspecified atom stereocenters. The number of aliphatic hydroxyl groups excluding tert-OH is 5. The van der Waals surface area contributed by atoms with Crippen LogP contribution in [0.25, 0.3) is 28.2 Å². The first-order valence-corrected chi connectivity index (χ1v) is 46.3. The standard InChI is InChI=1S/C19H22BrN5O.2C18H20BrN5O.2C18H22BrN5O/c20-18-11-23-19-17(22-10-14-4-3-6-21-9-14)8-16(12-25(18)19)24-7-2-1-5-15(24)13-26;2*19-17-10-22-18-16(21-9-13-3-1-5-20-8-13)7-15(11-24(17)18)23-6-2-4-14(23)12-25;2*1-12(2)16(11-25)23-14-6-15(18-22-9-17(19)24(18)10-14)21-8-13-4-3-5-20-7-13/h3-4,6,8-9,11-12,15,22,26H,1-2,5,7,10,13H2;2*1,3,5,7-8,10-11,14,21,25H,2,4,6,9,12H2;2*3-7,9-10,12,16,21,23,25H,8,11H2,1-2H3/t;2*14-;2*16-/m.1010/s1. The van der Waals surface area contributed by atoms with Crippen molar-refractivity contribution in [3.05, 3.63) is 266 Å². The number of halogens is 5. The second-order valence-electron chi connectivity index (χ2n) is 31.8. The van der Waals surface area contributed by atoms with Crippen LogP contribution in [0.5, 0.6) is 0 Å². The lowest BCUT2D eigenvalue weighted by Gasteiger charge is -2.36. The van der Waals surface area contributed by atoms with Gasteiger partial charge in [-0.3, -0.25) is 46.9 Å². The summed E-state index contributed by atoms with van der Waals surface area (Å²) in [6, 6.07) is 30.8. The van der Waals surface area contributed by atoms with E-state index in [1.165, 1.54) is 6.42 Å². The van der Waals surface area contributed by atoms with Gasteiger partial charge in [-0.15, -0.1) is 0 Å². The molecule has 0 saturated carbocycles. The number of hydrogen-bond acceptors (Lipinski definition) is 25. The summed E-state index contributed by atoms with van der Waals surface area (Å²) < 4.78 is 14.6. The van der Waals surface area contributed by atoms with Crippen LogP contribution in [-0.2, 0) is 32.7 Å². The van der Waals surface area contributed by atoms with E-state index in [-0.39, 0.29) is 63.2 Å². The molecule has 0 amide bonds. The van der Waals surface area contributed by atoms with E-state index in [9.17, 15) is 25.5 Å². The van der Waals surface area contributed by atoms with Crippen molar-refractivity contribution in [1.82, 2.24) is 71.8 Å². The predicted molar refractivity (Wildman–Crippen MR) is 518 cm³/mol. The predicted octanol–water partition coefficient (Wildman–Crippen LogP) is 16.7. The van der Waals surface area contributed by atoms with E-state index in [0.29, 0.717) is 44.6 Å². The molecule has 5 atom stereocenters. The van der Waals surface area contributed by atoms with Gasteiger partial charge in [-0.1, -0.05) is 58.0 Å². The van der Waals surface area contributed by atoms with E-state index in [2.05, 4.69) is 252 Å². The summed E-state index contributed by atoms with van der Waals surface area (Å²) in [6.07, 6.45) is 44.9. The maximum Gasteiger partial charge on any atom is 0.161 e. The molecular formula is C91H106Br5N25O5. The van der Waals surface area contributed by atoms with Crippen molar-refractivity contribution >= 4 is 165 Å². The van der Waals surface area contributed by atoms with Crippen LogP contribution in [0.1, 0.15) is 100 Å². The van der Waals surface area contributed by atoms with Crippen LogP contribution in [0.2, 0.25) is 0 Å². The normalized spacial score (nSPS) is 15.5. The van der Waals surface area contributed by atoms with Crippen LogP contribution in [0, 0.1) is 11.8 Å². The Labute approximate surface area is 773 Å². The lowest BCUT2D eigenvalue weighted by Crippen LogP contribution is -2.42. The van der Waals surface area contributed by atoms with Crippen LogP contribution in [-0.4, -0.2) is 180 Å². The summed E-state index contributed by atoms with van der Waals surface area (Å²) in [5.41, 5.74) is 19.7. The van der Waals surface area contributed by atoms with E-state index < -0.39 is 0 Å². The number of hydrogen-bond donors (Lipinski definition) is 12. The van der Waals surface area contributed by atoms with E-state index in [1.807, 2.05) is 151 Å². The van der Waals surface area contributed by atoms with Crippen molar-refractivity contribution in [2.24, 2.45) is 11.8 Å². The summed E-state index contributed by atoms with van der Waals surface area (Å²) in [6.45, 7) is 15.3. The highest BCUT2D eigenvalue weighted by atomic mass is 79.9. The number of nitrogens with zero attached hydrogens (tertiary/aromatic N) is 18. The third kappa shape index (κ3) is 23.2. The molecule has 660 valence electrons. The lowest BCUT2D eigenvalue weighted by atomic mass is 10.0. The number of piperidine rings is 1. The van der Waals surface area contributed by atoms with Crippen molar-refractivity contribution in [3.8, 4) is 0 Å². The Morgan fingerprint density at radius 3 is 0.833 bits per heavy atom. The molecule has 0 aliphatic carbocycles. The average molecular weight is 2030 g/mol. The molecule has 3 fully saturated rings. The molecule has 0 aromatic carbocycles. The molecule has 0 radical (unpaired) electrons. The fourth-order valence-electron chi connectivity index (χ4n) is 15.6. The second kappa shape index (κ2) is 44.7. The Morgan fingerprint density at radius 1 is 0.333 bits per heavy atom. The maximum atomic E-state index is 9.78. The van der Waals surface area contributed by atoms with Crippen LogP contribution < -0.4 is 51.9 Å². The van der Waals surface area contributed by atoms with E-state index in [4.69, 9.17) is 0 Å². The molecule has 35 heteroatoms. The summed E-state index contributed by atoms with van der Waals surface area (Å²) in [7, 11) is 0. The third-order valence-electron chi connectivity index (χ3n) is 22.5. The van der Waals surface area contributed by atoms with Crippen LogP contribution in [0.15, 0.2) is 238 Å². The van der Waals surface area contributed by atoms with Gasteiger partial charge in [0.25, 0.3) is 0 Å². The van der Waals surface area contributed by atoms with Crippen molar-refractivity contribution in [3.63, 3.8) is 0 Å². The monoisotopic (exact) mass is 2020 g/mol. The molecule has 0 spiro atoms. The molecular weight excluding hydrogens is 1920 g/mol. The highest BCUT2D eigenvalue weighted by Gasteiger charge is 2.29. The first-order chi connectivity index (χ1) is 61.4. The number of anilines is 10. The average Bonchev–Trinajstić information content (AvgIpc) is 1.69. The number of fused-ring (bicyclic) bond motifs is 5. The first kappa shape index (κ1) is 91.6. The van der Waals surface area contributed by atoms with E-state index >= 15 is 0 Å². The van der Waals surface area contributed by atoms with Gasteiger partial charge < -0.3 is 77.4 Å². The molecule has 18 heterocycles. The summed E-state index contributed by atoms with van der Waals surface area (Å²) >= 11 is 17.8. The fourth-order valence-corrected chi connectivity index (χ4v) is 17.4. The van der Waals surface area contributed by atoms with Gasteiger partial charge >= 0.3 is 0 Å². The lowest BCUT2D eigenvalue weighted by molar-refractivity contribution is 0.240. The zero-order valence-corrected chi connectivity index (χ0v) is 78.5. The molecule has 3 aliphatic rings. The van der Waals surface area contributed by atoms with Crippen LogP contribution >= 0.6 is 79.6 Å². The number of imidazole rings is 5. The molecule has 18 rings (SSSR count). The van der Waals surface area contributed by atoms with Gasteiger partial charge in [0.1, 0.15) is 23.0 Å². The number of rotatable bonds is 29. The Morgan fingerprint density at radius 2 is 0.587 bits per heavy atom. The zero-order chi connectivity index (χ0) is 88.0. The molecule has 15 aromatic heterocycles. The van der Waals surface area contributed by atoms with Crippen molar-refractivity contribution < 1.29 is 25.5 Å². The summed E-state index contributed by atoms with van der Waals surface area (Å²) in [5.74, 6) is 0.637. The molecule has 0 bridgehead atoms. The molecule has 3 saturated heterocycles. The number of pyridine rings is 10. The maximum absolute atomic E-state index is 9.78. The highest BCUT2D eigenvalue weighted by molar-refractivity contribution is 9.11. The number of aliphatic hydroxyl groups is 5. The highest BCUT2D eigenvalue weighted by Crippen LogP contribution is 2.37. The fraction of sp³-hybridized carbons (Fsp3) is 0.341. The van der Waals surface area contributed by atoms with Crippen LogP contribution in [0.3, 0.4) is 0 Å². The minimum absolute atomic E-state index is 0.00841. The van der Waals surface area contributed by atoms with E-state index in [1.54, 1.807) is 43.4 Å². The molecule has 12 N–H and O–H groups in total. The zero-order valence-electron chi connectivity index (χ0n) is 70.6. The van der Waals surface area contributed by atoms with Gasteiger partial charge in [-0.2, -0.15) is 0 Å². The van der Waals surface area contributed by atoms with Gasteiger partial charge in [0.2, 0.25) is 0 Å².